The highest BCUT2D eigenvalue weighted by atomic mass is 16.5. The van der Waals surface area contributed by atoms with Gasteiger partial charge in [0.15, 0.2) is 0 Å². The molecule has 0 fully saturated rings. The first-order valence-corrected chi connectivity index (χ1v) is 29.1. The number of pyridine rings is 1. The average Bonchev–Trinajstić information content (AvgIpc) is 2.68. The lowest BCUT2D eigenvalue weighted by Gasteiger charge is -2.51. The van der Waals surface area contributed by atoms with Gasteiger partial charge in [-0.25, -0.2) is 4.98 Å². The van der Waals surface area contributed by atoms with Crippen LogP contribution < -0.4 is 14.5 Å². The van der Waals surface area contributed by atoms with Crippen LogP contribution >= 0.6 is 0 Å². The molecule has 11 aromatic rings. The van der Waals surface area contributed by atoms with Crippen LogP contribution in [0, 0.1) is 0 Å². The van der Waals surface area contributed by atoms with Crippen molar-refractivity contribution in [3.05, 3.63) is 274 Å². The Bertz CT molecular complexity index is 4310. The van der Waals surface area contributed by atoms with Crippen molar-refractivity contribution < 1.29 is 4.74 Å². The molecular weight excluding hydrogens is 985 g/mol. The van der Waals surface area contributed by atoms with Gasteiger partial charge >= 0.3 is 0 Å². The molecule has 1 aliphatic heterocycles. The highest BCUT2D eigenvalue weighted by molar-refractivity contribution is 6.10. The molecule has 9 aromatic carbocycles. The van der Waals surface area contributed by atoms with Crippen molar-refractivity contribution in [1.82, 2.24) is 9.55 Å². The molecule has 0 saturated heterocycles. The quantitative estimate of drug-likeness (QED) is 0.166. The van der Waals surface area contributed by atoms with Crippen LogP contribution in [0.3, 0.4) is 0 Å². The van der Waals surface area contributed by atoms with E-state index in [1.807, 2.05) is 6.20 Å². The number of para-hydroxylation sites is 2. The predicted molar refractivity (Wildman–Crippen MR) is 335 cm³/mol. The average molecular weight is 1050 g/mol. The first-order valence-electron chi connectivity index (χ1n) is 29.1. The number of nitrogens with zero attached hydrogens (tertiary/aromatic N) is 4. The van der Waals surface area contributed by atoms with Gasteiger partial charge < -0.3 is 14.5 Å². The minimum atomic E-state index is -0.0980. The summed E-state index contributed by atoms with van der Waals surface area (Å²) in [5, 5.41) is 2.33. The molecular formula is C76H68N4O. The van der Waals surface area contributed by atoms with Crippen molar-refractivity contribution in [2.24, 2.45) is 0 Å². The van der Waals surface area contributed by atoms with E-state index in [-0.39, 0.29) is 39.9 Å². The molecule has 0 saturated carbocycles. The summed E-state index contributed by atoms with van der Waals surface area (Å²) in [6.45, 7) is 21.7. The van der Waals surface area contributed by atoms with E-state index in [4.69, 9.17) is 9.72 Å². The van der Waals surface area contributed by atoms with Gasteiger partial charge in [-0.1, -0.05) is 190 Å². The van der Waals surface area contributed by atoms with Crippen LogP contribution in [0.2, 0.25) is 0 Å². The van der Waals surface area contributed by atoms with Crippen LogP contribution in [-0.2, 0) is 16.2 Å². The Morgan fingerprint density at radius 3 is 1.67 bits per heavy atom. The van der Waals surface area contributed by atoms with E-state index >= 15 is 0 Å². The number of benzene rings is 9. The molecule has 7 aliphatic rings. The second-order valence-electron chi connectivity index (χ2n) is 26.4. The molecule has 81 heavy (non-hydrogen) atoms. The van der Waals surface area contributed by atoms with E-state index in [0.717, 1.165) is 39.4 Å². The van der Waals surface area contributed by atoms with E-state index in [0.29, 0.717) is 6.67 Å². The number of ether oxygens (including phenoxy) is 1. The number of anilines is 4. The normalized spacial score (nSPS) is 17.8. The van der Waals surface area contributed by atoms with Gasteiger partial charge in [-0.05, 0) is 155 Å². The summed E-state index contributed by atoms with van der Waals surface area (Å²) >= 11 is 0. The number of rotatable bonds is 6. The Morgan fingerprint density at radius 2 is 0.975 bits per heavy atom. The van der Waals surface area contributed by atoms with Gasteiger partial charge in [0.05, 0.1) is 22.4 Å². The van der Waals surface area contributed by atoms with E-state index in [9.17, 15) is 0 Å². The summed E-state index contributed by atoms with van der Waals surface area (Å²) in [7, 11) is 0. The zero-order chi connectivity index (χ0) is 55.3. The zero-order valence-electron chi connectivity index (χ0n) is 47.9. The fraction of sp³-hybridized carbons (Fsp3) is 0.224. The summed E-state index contributed by atoms with van der Waals surface area (Å²) in [6.07, 6.45) is 1.95. The van der Waals surface area contributed by atoms with Crippen LogP contribution in [0.15, 0.2) is 212 Å². The molecule has 4 bridgehead atoms. The van der Waals surface area contributed by atoms with Crippen molar-refractivity contribution in [3.63, 3.8) is 0 Å². The Kier molecular flexibility index (Phi) is 10.9. The molecule has 2 unspecified atom stereocenters. The first kappa shape index (κ1) is 49.4. The molecule has 18 rings (SSSR count). The van der Waals surface area contributed by atoms with Crippen LogP contribution in [-0.4, -0.2) is 16.2 Å². The minimum Gasteiger partial charge on any atom is -0.457 e. The first-order chi connectivity index (χ1) is 39.1. The largest absolute Gasteiger partial charge is 0.457 e. The summed E-state index contributed by atoms with van der Waals surface area (Å²) < 4.78 is 9.32. The lowest BCUT2D eigenvalue weighted by atomic mass is 9.52. The molecule has 3 heterocycles. The van der Waals surface area contributed by atoms with E-state index < -0.39 is 0 Å². The van der Waals surface area contributed by atoms with Crippen LogP contribution in [0.4, 0.5) is 22.7 Å². The summed E-state index contributed by atoms with van der Waals surface area (Å²) in [4.78, 5) is 10.1. The van der Waals surface area contributed by atoms with Crippen molar-refractivity contribution >= 4 is 44.6 Å². The molecule has 2 aromatic heterocycles. The monoisotopic (exact) mass is 1050 g/mol. The molecule has 6 aliphatic carbocycles. The fourth-order valence-electron chi connectivity index (χ4n) is 14.4. The van der Waals surface area contributed by atoms with Crippen LogP contribution in [0.1, 0.15) is 147 Å². The third-order valence-electron chi connectivity index (χ3n) is 18.4. The molecule has 5 heteroatoms. The third kappa shape index (κ3) is 7.82. The Balaban J connectivity index is 0.854. The van der Waals surface area contributed by atoms with Gasteiger partial charge in [0.1, 0.15) is 24.0 Å². The molecule has 2 atom stereocenters. The predicted octanol–water partition coefficient (Wildman–Crippen LogP) is 19.6. The number of hydrogen-bond donors (Lipinski definition) is 0. The summed E-state index contributed by atoms with van der Waals surface area (Å²) in [6, 6.07) is 77.7. The summed E-state index contributed by atoms with van der Waals surface area (Å²) in [5.74, 6) is 2.96. The number of fused-ring (bicyclic) bond motifs is 4. The maximum absolute atomic E-state index is 7.01. The molecule has 0 radical (unpaired) electrons. The zero-order valence-corrected chi connectivity index (χ0v) is 47.9. The number of aromatic nitrogens is 2. The van der Waals surface area contributed by atoms with Gasteiger partial charge in [-0.15, -0.1) is 0 Å². The highest BCUT2D eigenvalue weighted by Crippen LogP contribution is 2.66. The van der Waals surface area contributed by atoms with E-state index in [1.165, 1.54) is 94.8 Å². The fourth-order valence-corrected chi connectivity index (χ4v) is 14.4. The second-order valence-corrected chi connectivity index (χ2v) is 26.4. The van der Waals surface area contributed by atoms with Gasteiger partial charge in [0, 0.05) is 64.1 Å². The smallest absolute Gasteiger partial charge is 0.137 e. The molecule has 0 N–H and O–H groups in total. The van der Waals surface area contributed by atoms with Gasteiger partial charge in [-0.3, -0.25) is 4.57 Å². The Hall–Kier alpha value is -8.67. The Labute approximate surface area is 477 Å². The standard InChI is InChI=1S/C76H68N4O/c1-74(2,3)48-31-33-59-61(39-48)73-70-57-26-15-13-24-55(57)69(56-25-14-16-27-58(56)70)71(59)62-40-50(76(7,8)9)41-67(72(62)73)79-45-78(64-28-17-18-29-65(64)79)51-22-19-23-52(43-51)81-53-32-34-54-60-38-47(46-20-11-10-12-21-46)30-35-63(60)80(66(54)44-53)68-42-49(36-37-77-68)75(4,5)6/h10-44,69-71,73H,45H2,1-9H3. The van der Waals surface area contributed by atoms with Crippen molar-refractivity contribution in [1.29, 1.82) is 0 Å². The maximum atomic E-state index is 7.01. The molecule has 0 spiro atoms. The highest BCUT2D eigenvalue weighted by Gasteiger charge is 2.52. The van der Waals surface area contributed by atoms with Gasteiger partial charge in [0.25, 0.3) is 0 Å². The van der Waals surface area contributed by atoms with Crippen LogP contribution in [0.25, 0.3) is 38.8 Å². The molecule has 398 valence electrons. The van der Waals surface area contributed by atoms with E-state index in [1.54, 1.807) is 0 Å². The lowest BCUT2D eigenvalue weighted by molar-refractivity contribution is 0.483. The van der Waals surface area contributed by atoms with Gasteiger partial charge in [0.2, 0.25) is 0 Å². The third-order valence-corrected chi connectivity index (χ3v) is 18.4. The summed E-state index contributed by atoms with van der Waals surface area (Å²) in [5.41, 5.74) is 25.0. The minimum absolute atomic E-state index is 0.00404. The van der Waals surface area contributed by atoms with Crippen molar-refractivity contribution in [2.45, 2.75) is 102 Å². The topological polar surface area (TPSA) is 33.5 Å². The second kappa shape index (κ2) is 17.9. The molecule has 0 amide bonds. The van der Waals surface area contributed by atoms with Crippen molar-refractivity contribution in [2.75, 3.05) is 16.5 Å². The van der Waals surface area contributed by atoms with Crippen molar-refractivity contribution in [3.8, 4) is 28.4 Å². The van der Waals surface area contributed by atoms with Gasteiger partial charge in [-0.2, -0.15) is 0 Å². The van der Waals surface area contributed by atoms with E-state index in [2.05, 4.69) is 283 Å². The maximum Gasteiger partial charge on any atom is 0.137 e. The number of hydrogen-bond acceptors (Lipinski definition) is 4. The molecule has 5 nitrogen and oxygen atoms in total. The lowest BCUT2D eigenvalue weighted by Crippen LogP contribution is -2.37. The van der Waals surface area contributed by atoms with Crippen LogP contribution in [0.5, 0.6) is 11.5 Å². The SMILES string of the molecule is CC(C)(C)c1ccnc(-n2c3ccc(-c4ccccc4)cc3c3ccc(Oc4cccc(N5CN(c6cc(C(C)(C)C)cc7c6C6c8cc(C(C)(C)C)ccc8C7C7c8ccccc8C6c6ccccc67)c6ccccc65)c4)cc32)c1. The Morgan fingerprint density at radius 1 is 0.383 bits per heavy atom.